The fraction of sp³-hybridized carbons (Fsp3) is 1.00. The van der Waals surface area contributed by atoms with Gasteiger partial charge in [-0.05, 0) is 42.4 Å². The Labute approximate surface area is 88.9 Å². The molecule has 2 atom stereocenters. The molecule has 0 aromatic rings. The molecule has 1 heteroatoms. The highest BCUT2D eigenvalue weighted by molar-refractivity contribution is 4.87. The van der Waals surface area contributed by atoms with Gasteiger partial charge in [-0.2, -0.15) is 0 Å². The lowest BCUT2D eigenvalue weighted by atomic mass is 9.67. The van der Waals surface area contributed by atoms with E-state index in [0.717, 1.165) is 12.3 Å². The van der Waals surface area contributed by atoms with Crippen molar-refractivity contribution in [2.45, 2.75) is 66.4 Å². The van der Waals surface area contributed by atoms with E-state index < -0.39 is 0 Å². The van der Waals surface area contributed by atoms with Crippen LogP contribution in [0.5, 0.6) is 0 Å². The Bertz CT molecular complexity index is 188. The van der Waals surface area contributed by atoms with E-state index in [1.54, 1.807) is 0 Å². The number of hydrogen-bond donors (Lipinski definition) is 1. The molecule has 0 heterocycles. The van der Waals surface area contributed by atoms with Crippen LogP contribution in [-0.4, -0.2) is 11.2 Å². The smallest absolute Gasteiger partial charge is 0.0591 e. The summed E-state index contributed by atoms with van der Waals surface area (Å²) in [5, 5.41) is 9.85. The summed E-state index contributed by atoms with van der Waals surface area (Å²) < 4.78 is 0. The molecule has 14 heavy (non-hydrogen) atoms. The minimum atomic E-state index is -0.0845. The van der Waals surface area contributed by atoms with Crippen LogP contribution in [0.3, 0.4) is 0 Å². The van der Waals surface area contributed by atoms with Crippen LogP contribution in [0.1, 0.15) is 60.3 Å². The molecule has 0 spiro atoms. The summed E-state index contributed by atoms with van der Waals surface area (Å²) in [6.45, 7) is 11.3. The molecule has 1 rings (SSSR count). The van der Waals surface area contributed by atoms with Crippen molar-refractivity contribution < 1.29 is 5.11 Å². The lowest BCUT2D eigenvalue weighted by molar-refractivity contribution is -0.0146. The van der Waals surface area contributed by atoms with Gasteiger partial charge in [-0.15, -0.1) is 0 Å². The first-order valence-corrected chi connectivity index (χ1v) is 5.89. The van der Waals surface area contributed by atoms with Crippen LogP contribution in [0.15, 0.2) is 0 Å². The molecule has 1 saturated carbocycles. The molecule has 0 bridgehead atoms. The summed E-state index contributed by atoms with van der Waals surface area (Å²) in [4.78, 5) is 0. The lowest BCUT2D eigenvalue weighted by Crippen LogP contribution is -2.37. The van der Waals surface area contributed by atoms with E-state index in [1.807, 2.05) is 0 Å². The maximum absolute atomic E-state index is 9.85. The SMILES string of the molecule is CC(C)(C)CC1CCC(O)C(C)(C)C1. The minimum absolute atomic E-state index is 0.0845. The first-order chi connectivity index (χ1) is 6.21. The zero-order valence-electron chi connectivity index (χ0n) is 10.4. The quantitative estimate of drug-likeness (QED) is 0.682. The van der Waals surface area contributed by atoms with Crippen LogP contribution in [0.25, 0.3) is 0 Å². The molecular formula is C13H26O. The van der Waals surface area contributed by atoms with E-state index in [1.165, 1.54) is 19.3 Å². The number of aliphatic hydroxyl groups excluding tert-OH is 1. The third-order valence-corrected chi connectivity index (χ3v) is 3.47. The molecule has 0 amide bonds. The summed E-state index contributed by atoms with van der Waals surface area (Å²) in [7, 11) is 0. The number of rotatable bonds is 1. The van der Waals surface area contributed by atoms with Gasteiger partial charge in [-0.25, -0.2) is 0 Å². The summed E-state index contributed by atoms with van der Waals surface area (Å²) in [5.41, 5.74) is 0.567. The Morgan fingerprint density at radius 2 is 1.79 bits per heavy atom. The van der Waals surface area contributed by atoms with Crippen molar-refractivity contribution in [2.75, 3.05) is 0 Å². The van der Waals surface area contributed by atoms with Crippen LogP contribution < -0.4 is 0 Å². The number of aliphatic hydroxyl groups is 1. The molecular weight excluding hydrogens is 172 g/mol. The maximum atomic E-state index is 9.85. The monoisotopic (exact) mass is 198 g/mol. The lowest BCUT2D eigenvalue weighted by Gasteiger charge is -2.41. The molecule has 1 fully saturated rings. The molecule has 1 N–H and O–H groups in total. The van der Waals surface area contributed by atoms with Crippen LogP contribution >= 0.6 is 0 Å². The van der Waals surface area contributed by atoms with Gasteiger partial charge in [0.1, 0.15) is 0 Å². The van der Waals surface area contributed by atoms with Crippen LogP contribution in [0.2, 0.25) is 0 Å². The van der Waals surface area contributed by atoms with Crippen LogP contribution in [0, 0.1) is 16.7 Å². The van der Waals surface area contributed by atoms with Gasteiger partial charge < -0.3 is 5.11 Å². The van der Waals surface area contributed by atoms with Crippen molar-refractivity contribution in [3.8, 4) is 0 Å². The normalized spacial score (nSPS) is 33.0. The van der Waals surface area contributed by atoms with Gasteiger partial charge in [0.2, 0.25) is 0 Å². The molecule has 2 unspecified atom stereocenters. The number of hydrogen-bond acceptors (Lipinski definition) is 1. The zero-order valence-corrected chi connectivity index (χ0v) is 10.4. The van der Waals surface area contributed by atoms with E-state index in [9.17, 15) is 5.11 Å². The highest BCUT2D eigenvalue weighted by Gasteiger charge is 2.36. The second-order valence-electron chi connectivity index (χ2n) is 6.92. The third kappa shape index (κ3) is 3.27. The molecule has 0 aliphatic heterocycles. The predicted octanol–water partition coefficient (Wildman–Crippen LogP) is 3.61. The van der Waals surface area contributed by atoms with E-state index in [0.29, 0.717) is 5.41 Å². The largest absolute Gasteiger partial charge is 0.393 e. The highest BCUT2D eigenvalue weighted by Crippen LogP contribution is 2.42. The van der Waals surface area contributed by atoms with Crippen LogP contribution in [0.4, 0.5) is 0 Å². The van der Waals surface area contributed by atoms with E-state index in [4.69, 9.17) is 0 Å². The van der Waals surface area contributed by atoms with Crippen molar-refractivity contribution >= 4 is 0 Å². The van der Waals surface area contributed by atoms with E-state index in [2.05, 4.69) is 34.6 Å². The molecule has 0 aromatic heterocycles. The molecule has 84 valence electrons. The highest BCUT2D eigenvalue weighted by atomic mass is 16.3. The predicted molar refractivity (Wildman–Crippen MR) is 61.2 cm³/mol. The maximum Gasteiger partial charge on any atom is 0.0591 e. The Kier molecular flexibility index (Phi) is 3.30. The standard InChI is InChI=1S/C13H26O/c1-12(2,3)8-10-6-7-11(14)13(4,5)9-10/h10-11,14H,6-9H2,1-5H3. The van der Waals surface area contributed by atoms with Gasteiger partial charge in [0.25, 0.3) is 0 Å². The van der Waals surface area contributed by atoms with E-state index >= 15 is 0 Å². The molecule has 1 nitrogen and oxygen atoms in total. The van der Waals surface area contributed by atoms with Crippen molar-refractivity contribution in [3.63, 3.8) is 0 Å². The second-order valence-corrected chi connectivity index (χ2v) is 6.92. The topological polar surface area (TPSA) is 20.2 Å². The Hall–Kier alpha value is -0.0400. The van der Waals surface area contributed by atoms with Crippen molar-refractivity contribution in [3.05, 3.63) is 0 Å². The van der Waals surface area contributed by atoms with Gasteiger partial charge in [0.05, 0.1) is 6.10 Å². The average molecular weight is 198 g/mol. The summed E-state index contributed by atoms with van der Waals surface area (Å²) >= 11 is 0. The van der Waals surface area contributed by atoms with Crippen molar-refractivity contribution in [2.24, 2.45) is 16.7 Å². The zero-order chi connectivity index (χ0) is 11.0. The first-order valence-electron chi connectivity index (χ1n) is 5.89. The Morgan fingerprint density at radius 1 is 1.21 bits per heavy atom. The first kappa shape index (κ1) is 12.0. The van der Waals surface area contributed by atoms with Gasteiger partial charge in [0.15, 0.2) is 0 Å². The molecule has 0 radical (unpaired) electrons. The molecule has 1 aliphatic carbocycles. The minimum Gasteiger partial charge on any atom is -0.393 e. The van der Waals surface area contributed by atoms with Gasteiger partial charge in [-0.3, -0.25) is 0 Å². The van der Waals surface area contributed by atoms with E-state index in [-0.39, 0.29) is 11.5 Å². The molecule has 0 saturated heterocycles. The fourth-order valence-corrected chi connectivity index (χ4v) is 2.81. The third-order valence-electron chi connectivity index (χ3n) is 3.47. The van der Waals surface area contributed by atoms with Crippen molar-refractivity contribution in [1.29, 1.82) is 0 Å². The Balaban J connectivity index is 2.52. The van der Waals surface area contributed by atoms with Gasteiger partial charge in [0, 0.05) is 0 Å². The molecule has 1 aliphatic rings. The summed E-state index contributed by atoms with van der Waals surface area (Å²) in [6.07, 6.45) is 4.60. The van der Waals surface area contributed by atoms with Gasteiger partial charge >= 0.3 is 0 Å². The average Bonchev–Trinajstić information content (AvgIpc) is 1.93. The summed E-state index contributed by atoms with van der Waals surface area (Å²) in [6, 6.07) is 0. The summed E-state index contributed by atoms with van der Waals surface area (Å²) in [5.74, 6) is 0.813. The van der Waals surface area contributed by atoms with Crippen LogP contribution in [-0.2, 0) is 0 Å². The van der Waals surface area contributed by atoms with Gasteiger partial charge in [-0.1, -0.05) is 34.6 Å². The second kappa shape index (κ2) is 3.84. The molecule has 0 aromatic carbocycles. The fourth-order valence-electron chi connectivity index (χ4n) is 2.81. The Morgan fingerprint density at radius 3 is 2.21 bits per heavy atom. The van der Waals surface area contributed by atoms with Crippen molar-refractivity contribution in [1.82, 2.24) is 0 Å².